The van der Waals surface area contributed by atoms with E-state index in [1.54, 1.807) is 6.07 Å². The van der Waals surface area contributed by atoms with Crippen molar-refractivity contribution < 1.29 is 14.3 Å². The molecular formula is C24H27N7O3. The number of aliphatic imine (C=N–C) groups is 1. The van der Waals surface area contributed by atoms with E-state index < -0.39 is 23.4 Å². The number of anilines is 1. The van der Waals surface area contributed by atoms with Gasteiger partial charge in [0.1, 0.15) is 17.7 Å². The number of para-hydroxylation sites is 2. The minimum absolute atomic E-state index is 0.131. The van der Waals surface area contributed by atoms with Gasteiger partial charge in [-0.05, 0) is 56.6 Å². The SMILES string of the molecule is Cc1ccc(OC2CCNCC2)cc1NC(=O)C1N=CNC1(C(N)=O)c1nc2ccccc2[nH]1. The third kappa shape index (κ3) is 3.86. The first-order valence-electron chi connectivity index (χ1n) is 11.3. The fourth-order valence-corrected chi connectivity index (χ4v) is 4.44. The number of nitrogens with zero attached hydrogens (tertiary/aromatic N) is 2. The lowest BCUT2D eigenvalue weighted by Crippen LogP contribution is -2.59. The van der Waals surface area contributed by atoms with Crippen LogP contribution in [0.5, 0.6) is 5.75 Å². The number of benzene rings is 2. The van der Waals surface area contributed by atoms with Gasteiger partial charge < -0.3 is 31.4 Å². The molecule has 6 N–H and O–H groups in total. The molecule has 176 valence electrons. The van der Waals surface area contributed by atoms with Gasteiger partial charge in [-0.1, -0.05) is 18.2 Å². The minimum atomic E-state index is -1.64. The number of aromatic nitrogens is 2. The van der Waals surface area contributed by atoms with Crippen molar-refractivity contribution >= 4 is 34.9 Å². The molecule has 2 aliphatic heterocycles. The second-order valence-electron chi connectivity index (χ2n) is 8.63. The summed E-state index contributed by atoms with van der Waals surface area (Å²) in [6, 6.07) is 11.8. The Kier molecular flexibility index (Phi) is 5.66. The summed E-state index contributed by atoms with van der Waals surface area (Å²) in [6.45, 7) is 3.73. The van der Waals surface area contributed by atoms with Gasteiger partial charge in [-0.25, -0.2) is 4.98 Å². The van der Waals surface area contributed by atoms with Gasteiger partial charge in [0.05, 0.1) is 17.4 Å². The van der Waals surface area contributed by atoms with Crippen molar-refractivity contribution in [1.82, 2.24) is 20.6 Å². The number of rotatable bonds is 6. The summed E-state index contributed by atoms with van der Waals surface area (Å²) in [4.78, 5) is 38.0. The lowest BCUT2D eigenvalue weighted by atomic mass is 9.88. The van der Waals surface area contributed by atoms with Gasteiger partial charge in [0.15, 0.2) is 6.04 Å². The molecular weight excluding hydrogens is 434 g/mol. The van der Waals surface area contributed by atoms with Crippen molar-refractivity contribution in [3.8, 4) is 5.75 Å². The Morgan fingerprint density at radius 1 is 1.18 bits per heavy atom. The maximum Gasteiger partial charge on any atom is 0.253 e. The van der Waals surface area contributed by atoms with Gasteiger partial charge in [0.2, 0.25) is 5.54 Å². The molecule has 3 aromatic rings. The lowest BCUT2D eigenvalue weighted by Gasteiger charge is -2.29. The predicted molar refractivity (Wildman–Crippen MR) is 129 cm³/mol. The zero-order chi connectivity index (χ0) is 23.7. The van der Waals surface area contributed by atoms with Crippen LogP contribution in [0.4, 0.5) is 5.69 Å². The maximum absolute atomic E-state index is 13.4. The molecule has 0 aliphatic carbocycles. The van der Waals surface area contributed by atoms with E-state index in [9.17, 15) is 9.59 Å². The summed E-state index contributed by atoms with van der Waals surface area (Å²) in [5.74, 6) is -0.329. The van der Waals surface area contributed by atoms with Crippen LogP contribution in [0.1, 0.15) is 24.2 Å². The van der Waals surface area contributed by atoms with E-state index in [1.807, 2.05) is 43.3 Å². The highest BCUT2D eigenvalue weighted by Gasteiger charge is 2.54. The highest BCUT2D eigenvalue weighted by atomic mass is 16.5. The van der Waals surface area contributed by atoms with Crippen LogP contribution >= 0.6 is 0 Å². The molecule has 3 heterocycles. The van der Waals surface area contributed by atoms with Gasteiger partial charge in [0.25, 0.3) is 11.8 Å². The molecule has 0 radical (unpaired) electrons. The minimum Gasteiger partial charge on any atom is -0.490 e. The van der Waals surface area contributed by atoms with Crippen molar-refractivity contribution in [2.75, 3.05) is 18.4 Å². The summed E-state index contributed by atoms with van der Waals surface area (Å²) < 4.78 is 6.12. The number of hydrogen-bond donors (Lipinski definition) is 5. The molecule has 10 heteroatoms. The number of hydrogen-bond acceptors (Lipinski definition) is 7. The lowest BCUT2D eigenvalue weighted by molar-refractivity contribution is -0.129. The van der Waals surface area contributed by atoms with Crippen molar-refractivity contribution in [1.29, 1.82) is 0 Å². The van der Waals surface area contributed by atoms with Crippen LogP contribution in [0.2, 0.25) is 0 Å². The van der Waals surface area contributed by atoms with E-state index in [-0.39, 0.29) is 11.9 Å². The van der Waals surface area contributed by atoms with Gasteiger partial charge >= 0.3 is 0 Å². The normalized spacial score (nSPS) is 22.4. The molecule has 2 unspecified atom stereocenters. The van der Waals surface area contributed by atoms with Crippen LogP contribution < -0.4 is 26.4 Å². The molecule has 0 spiro atoms. The van der Waals surface area contributed by atoms with Crippen LogP contribution in [0.3, 0.4) is 0 Å². The number of carbonyl (C=O) groups is 2. The molecule has 5 rings (SSSR count). The van der Waals surface area contributed by atoms with E-state index in [1.165, 1.54) is 6.34 Å². The molecule has 0 saturated carbocycles. The molecule has 34 heavy (non-hydrogen) atoms. The molecule has 1 aromatic heterocycles. The zero-order valence-corrected chi connectivity index (χ0v) is 18.8. The van der Waals surface area contributed by atoms with Crippen molar-refractivity contribution in [2.45, 2.75) is 37.5 Å². The molecule has 2 amide bonds. The van der Waals surface area contributed by atoms with Crippen LogP contribution in [-0.4, -0.2) is 53.4 Å². The molecule has 1 fully saturated rings. The topological polar surface area (TPSA) is 147 Å². The molecule has 2 aromatic carbocycles. The average Bonchev–Trinajstić information content (AvgIpc) is 3.47. The summed E-state index contributed by atoms with van der Waals surface area (Å²) in [6.07, 6.45) is 3.31. The number of carbonyl (C=O) groups excluding carboxylic acids is 2. The average molecular weight is 462 g/mol. The quantitative estimate of drug-likeness (QED) is 0.374. The third-order valence-corrected chi connectivity index (χ3v) is 6.38. The molecule has 10 nitrogen and oxygen atoms in total. The molecule has 2 atom stereocenters. The van der Waals surface area contributed by atoms with Crippen LogP contribution in [-0.2, 0) is 15.1 Å². The van der Waals surface area contributed by atoms with Gasteiger partial charge in [0, 0.05) is 11.8 Å². The van der Waals surface area contributed by atoms with Gasteiger partial charge in [-0.15, -0.1) is 0 Å². The summed E-state index contributed by atoms with van der Waals surface area (Å²) in [5.41, 5.74) is 7.01. The largest absolute Gasteiger partial charge is 0.490 e. The van der Waals surface area contributed by atoms with Crippen molar-refractivity contribution in [2.24, 2.45) is 10.7 Å². The smallest absolute Gasteiger partial charge is 0.253 e. The number of aromatic amines is 1. The Morgan fingerprint density at radius 2 is 1.97 bits per heavy atom. The van der Waals surface area contributed by atoms with E-state index in [0.717, 1.165) is 37.0 Å². The third-order valence-electron chi connectivity index (χ3n) is 6.38. The van der Waals surface area contributed by atoms with Gasteiger partial charge in [-0.2, -0.15) is 0 Å². The Balaban J connectivity index is 1.41. The number of aryl methyl sites for hydroxylation is 1. The van der Waals surface area contributed by atoms with Crippen LogP contribution in [0, 0.1) is 6.92 Å². The summed E-state index contributed by atoms with van der Waals surface area (Å²) in [5, 5.41) is 9.12. The standard InChI is InChI=1S/C24H27N7O3/c1-14-6-7-16(34-15-8-10-26-11-9-15)12-19(14)29-21(32)20-24(22(25)33,28-13-27-20)23-30-17-4-2-3-5-18(17)31-23/h2-7,12-13,15,20,26H,8-11H2,1H3,(H2,25,33)(H,27,28)(H,29,32)(H,30,31). The van der Waals surface area contributed by atoms with E-state index in [0.29, 0.717) is 17.0 Å². The number of imidazole rings is 1. The van der Waals surface area contributed by atoms with Crippen LogP contribution in [0.25, 0.3) is 11.0 Å². The zero-order valence-electron chi connectivity index (χ0n) is 18.8. The Labute approximate surface area is 196 Å². The second kappa shape index (κ2) is 8.79. The Morgan fingerprint density at radius 3 is 2.74 bits per heavy atom. The number of piperidine rings is 1. The Hall–Kier alpha value is -3.92. The van der Waals surface area contributed by atoms with E-state index >= 15 is 0 Å². The number of H-pyrrole nitrogens is 1. The number of nitrogens with two attached hydrogens (primary N) is 1. The van der Waals surface area contributed by atoms with Crippen LogP contribution in [0.15, 0.2) is 47.5 Å². The summed E-state index contributed by atoms with van der Waals surface area (Å²) in [7, 11) is 0. The number of ether oxygens (including phenoxy) is 1. The highest BCUT2D eigenvalue weighted by molar-refractivity contribution is 6.05. The Bertz CT molecular complexity index is 1230. The van der Waals surface area contributed by atoms with Gasteiger partial charge in [-0.3, -0.25) is 14.6 Å². The number of primary amides is 1. The first-order chi connectivity index (χ1) is 16.5. The predicted octanol–water partition coefficient (Wildman–Crippen LogP) is 1.32. The number of amides is 2. The number of fused-ring (bicyclic) bond motifs is 1. The molecule has 1 saturated heterocycles. The monoisotopic (exact) mass is 461 g/mol. The highest BCUT2D eigenvalue weighted by Crippen LogP contribution is 2.32. The summed E-state index contributed by atoms with van der Waals surface area (Å²) >= 11 is 0. The maximum atomic E-state index is 13.4. The first-order valence-corrected chi connectivity index (χ1v) is 11.3. The number of nitrogens with one attached hydrogen (secondary N) is 4. The fraction of sp³-hybridized carbons (Fsp3) is 0.333. The molecule has 0 bridgehead atoms. The van der Waals surface area contributed by atoms with Crippen molar-refractivity contribution in [3.05, 3.63) is 53.9 Å². The second-order valence-corrected chi connectivity index (χ2v) is 8.63. The fourth-order valence-electron chi connectivity index (χ4n) is 4.44. The van der Waals surface area contributed by atoms with E-state index in [2.05, 4.69) is 30.9 Å². The first kappa shape index (κ1) is 21.9. The van der Waals surface area contributed by atoms with Crippen molar-refractivity contribution in [3.63, 3.8) is 0 Å². The van der Waals surface area contributed by atoms with E-state index in [4.69, 9.17) is 10.5 Å². The molecule has 2 aliphatic rings.